The van der Waals surface area contributed by atoms with Crippen molar-refractivity contribution < 1.29 is 14.0 Å². The molecule has 1 saturated heterocycles. The molecule has 0 bridgehead atoms. The topological polar surface area (TPSA) is 49.4 Å². The molecule has 1 heterocycles. The third-order valence-corrected chi connectivity index (χ3v) is 4.69. The van der Waals surface area contributed by atoms with E-state index in [1.807, 2.05) is 39.0 Å². The van der Waals surface area contributed by atoms with E-state index < -0.39 is 11.7 Å². The van der Waals surface area contributed by atoms with Crippen molar-refractivity contribution in [3.63, 3.8) is 0 Å². The maximum Gasteiger partial charge on any atom is 0.239 e. The first-order chi connectivity index (χ1) is 11.9. The molecule has 0 radical (unpaired) electrons. The van der Waals surface area contributed by atoms with Gasteiger partial charge < -0.3 is 10.2 Å². The van der Waals surface area contributed by atoms with Crippen molar-refractivity contribution in [1.29, 1.82) is 0 Å². The number of aryl methyl sites for hydroxylation is 3. The van der Waals surface area contributed by atoms with Gasteiger partial charge in [0.1, 0.15) is 11.7 Å². The Labute approximate surface area is 146 Å². The van der Waals surface area contributed by atoms with Crippen molar-refractivity contribution in [3.05, 3.63) is 58.9 Å². The standard InChI is InChI=1S/C20H21FN2O2/c1-12-4-7-17(21)18(10-12)23-9-8-16(20(23)25)19(24)22-15-6-5-13(2)14(3)11-15/h4-7,10-11,16H,8-9H2,1-3H3,(H,22,24)/t16-/m0/s1. The quantitative estimate of drug-likeness (QED) is 0.865. The van der Waals surface area contributed by atoms with Crippen molar-refractivity contribution >= 4 is 23.2 Å². The Kier molecular flexibility index (Phi) is 4.57. The third-order valence-electron chi connectivity index (χ3n) is 4.69. The lowest BCUT2D eigenvalue weighted by Crippen LogP contribution is -2.33. The highest BCUT2D eigenvalue weighted by Gasteiger charge is 2.38. The van der Waals surface area contributed by atoms with Gasteiger partial charge >= 0.3 is 0 Å². The molecule has 1 atom stereocenters. The number of nitrogens with zero attached hydrogens (tertiary/aromatic N) is 1. The number of hydrogen-bond donors (Lipinski definition) is 1. The number of anilines is 2. The van der Waals surface area contributed by atoms with E-state index in [2.05, 4.69) is 5.32 Å². The highest BCUT2D eigenvalue weighted by atomic mass is 19.1. The van der Waals surface area contributed by atoms with Crippen LogP contribution in [0.2, 0.25) is 0 Å². The predicted octanol–water partition coefficient (Wildman–Crippen LogP) is 3.74. The summed E-state index contributed by atoms with van der Waals surface area (Å²) in [7, 11) is 0. The fraction of sp³-hybridized carbons (Fsp3) is 0.300. The molecule has 25 heavy (non-hydrogen) atoms. The average Bonchev–Trinajstić information content (AvgIpc) is 2.95. The number of nitrogens with one attached hydrogen (secondary N) is 1. The zero-order valence-electron chi connectivity index (χ0n) is 14.6. The molecule has 1 fully saturated rings. The number of benzene rings is 2. The highest BCUT2D eigenvalue weighted by Crippen LogP contribution is 2.29. The van der Waals surface area contributed by atoms with Gasteiger partial charge in [0.25, 0.3) is 0 Å². The second kappa shape index (κ2) is 6.67. The summed E-state index contributed by atoms with van der Waals surface area (Å²) in [6, 6.07) is 10.3. The van der Waals surface area contributed by atoms with E-state index in [-0.39, 0.29) is 17.5 Å². The molecule has 1 N–H and O–H groups in total. The predicted molar refractivity (Wildman–Crippen MR) is 96.1 cm³/mol. The molecule has 0 unspecified atom stereocenters. The summed E-state index contributed by atoms with van der Waals surface area (Å²) in [6.07, 6.45) is 0.378. The fourth-order valence-corrected chi connectivity index (χ4v) is 3.04. The molecular formula is C20H21FN2O2. The van der Waals surface area contributed by atoms with Gasteiger partial charge in [0.2, 0.25) is 11.8 Å². The van der Waals surface area contributed by atoms with Crippen molar-refractivity contribution in [2.75, 3.05) is 16.8 Å². The lowest BCUT2D eigenvalue weighted by atomic mass is 10.1. The van der Waals surface area contributed by atoms with E-state index in [4.69, 9.17) is 0 Å². The highest BCUT2D eigenvalue weighted by molar-refractivity contribution is 6.13. The van der Waals surface area contributed by atoms with Crippen LogP contribution in [0.15, 0.2) is 36.4 Å². The Morgan fingerprint density at radius 1 is 1.12 bits per heavy atom. The minimum atomic E-state index is -0.790. The van der Waals surface area contributed by atoms with E-state index in [9.17, 15) is 14.0 Å². The minimum absolute atomic E-state index is 0.242. The van der Waals surface area contributed by atoms with Gasteiger partial charge in [-0.05, 0) is 68.1 Å². The number of hydrogen-bond acceptors (Lipinski definition) is 2. The van der Waals surface area contributed by atoms with Crippen LogP contribution in [-0.4, -0.2) is 18.4 Å². The summed E-state index contributed by atoms with van der Waals surface area (Å²) in [5.41, 5.74) is 3.98. The molecule has 4 nitrogen and oxygen atoms in total. The first-order valence-corrected chi connectivity index (χ1v) is 8.32. The lowest BCUT2D eigenvalue weighted by molar-refractivity contribution is -0.129. The first kappa shape index (κ1) is 17.1. The van der Waals surface area contributed by atoms with Gasteiger partial charge in [0.15, 0.2) is 0 Å². The second-order valence-corrected chi connectivity index (χ2v) is 6.57. The van der Waals surface area contributed by atoms with Crippen molar-refractivity contribution in [1.82, 2.24) is 0 Å². The summed E-state index contributed by atoms with van der Waals surface area (Å²) in [4.78, 5) is 26.5. The summed E-state index contributed by atoms with van der Waals surface area (Å²) >= 11 is 0. The monoisotopic (exact) mass is 340 g/mol. The van der Waals surface area contributed by atoms with Crippen molar-refractivity contribution in [2.45, 2.75) is 27.2 Å². The van der Waals surface area contributed by atoms with Gasteiger partial charge in [-0.1, -0.05) is 12.1 Å². The summed E-state index contributed by atoms with van der Waals surface area (Å²) < 4.78 is 14.1. The average molecular weight is 340 g/mol. The van der Waals surface area contributed by atoms with Crippen LogP contribution >= 0.6 is 0 Å². The molecule has 2 aromatic carbocycles. The van der Waals surface area contributed by atoms with E-state index in [0.29, 0.717) is 18.7 Å². The van der Waals surface area contributed by atoms with E-state index in [1.165, 1.54) is 11.0 Å². The van der Waals surface area contributed by atoms with Crippen LogP contribution in [0.3, 0.4) is 0 Å². The largest absolute Gasteiger partial charge is 0.325 e. The van der Waals surface area contributed by atoms with Crippen LogP contribution < -0.4 is 10.2 Å². The van der Waals surface area contributed by atoms with Gasteiger partial charge in [-0.25, -0.2) is 4.39 Å². The van der Waals surface area contributed by atoms with Crippen LogP contribution in [0.5, 0.6) is 0 Å². The first-order valence-electron chi connectivity index (χ1n) is 8.32. The Morgan fingerprint density at radius 2 is 1.88 bits per heavy atom. The molecule has 0 aliphatic carbocycles. The van der Waals surface area contributed by atoms with E-state index >= 15 is 0 Å². The molecular weight excluding hydrogens is 319 g/mol. The van der Waals surface area contributed by atoms with Gasteiger partial charge in [0, 0.05) is 12.2 Å². The zero-order valence-corrected chi connectivity index (χ0v) is 14.6. The number of amides is 2. The fourth-order valence-electron chi connectivity index (χ4n) is 3.04. The third kappa shape index (κ3) is 3.40. The lowest BCUT2D eigenvalue weighted by Gasteiger charge is -2.18. The van der Waals surface area contributed by atoms with Crippen LogP contribution in [0.25, 0.3) is 0 Å². The molecule has 2 amide bonds. The van der Waals surface area contributed by atoms with Crippen LogP contribution in [-0.2, 0) is 9.59 Å². The molecule has 3 rings (SSSR count). The second-order valence-electron chi connectivity index (χ2n) is 6.57. The zero-order chi connectivity index (χ0) is 18.1. The van der Waals surface area contributed by atoms with Gasteiger partial charge in [-0.15, -0.1) is 0 Å². The minimum Gasteiger partial charge on any atom is -0.325 e. The summed E-state index contributed by atoms with van der Waals surface area (Å²) in [6.45, 7) is 6.14. The van der Waals surface area contributed by atoms with E-state index in [1.54, 1.807) is 12.1 Å². The maximum absolute atomic E-state index is 14.1. The van der Waals surface area contributed by atoms with Crippen LogP contribution in [0, 0.1) is 32.5 Å². The molecule has 0 spiro atoms. The Hall–Kier alpha value is -2.69. The Bertz CT molecular complexity index is 848. The molecule has 0 saturated carbocycles. The normalized spacial score (nSPS) is 17.0. The Balaban J connectivity index is 1.76. The van der Waals surface area contributed by atoms with Gasteiger partial charge in [0.05, 0.1) is 5.69 Å². The molecule has 5 heteroatoms. The van der Waals surface area contributed by atoms with Gasteiger partial charge in [-0.2, -0.15) is 0 Å². The molecule has 0 aromatic heterocycles. The number of carbonyl (C=O) groups is 2. The van der Waals surface area contributed by atoms with E-state index in [0.717, 1.165) is 16.7 Å². The molecule has 1 aliphatic rings. The van der Waals surface area contributed by atoms with Crippen LogP contribution in [0.4, 0.5) is 15.8 Å². The number of halogens is 1. The van der Waals surface area contributed by atoms with Crippen molar-refractivity contribution in [2.24, 2.45) is 5.92 Å². The molecule has 2 aromatic rings. The SMILES string of the molecule is Cc1ccc(F)c(N2CC[C@@H](C(=O)Nc3ccc(C)c(C)c3)C2=O)c1. The molecule has 130 valence electrons. The molecule has 1 aliphatic heterocycles. The van der Waals surface area contributed by atoms with Gasteiger partial charge in [-0.3, -0.25) is 9.59 Å². The maximum atomic E-state index is 14.1. The smallest absolute Gasteiger partial charge is 0.239 e. The summed E-state index contributed by atoms with van der Waals surface area (Å²) in [5.74, 6) is -1.94. The summed E-state index contributed by atoms with van der Waals surface area (Å²) in [5, 5.41) is 2.80. The number of carbonyl (C=O) groups excluding carboxylic acids is 2. The number of rotatable bonds is 3. The Morgan fingerprint density at radius 3 is 2.60 bits per heavy atom. The van der Waals surface area contributed by atoms with Crippen LogP contribution in [0.1, 0.15) is 23.1 Å². The van der Waals surface area contributed by atoms with Crippen molar-refractivity contribution in [3.8, 4) is 0 Å².